The SMILES string of the molecule is O=C(CCNCc1ccccc1F)NCCc1cccc(Cl)c1. The molecule has 0 fully saturated rings. The average molecular weight is 335 g/mol. The predicted molar refractivity (Wildman–Crippen MR) is 90.9 cm³/mol. The monoisotopic (exact) mass is 334 g/mol. The van der Waals surface area contributed by atoms with E-state index in [1.54, 1.807) is 18.2 Å². The summed E-state index contributed by atoms with van der Waals surface area (Å²) in [7, 11) is 0. The summed E-state index contributed by atoms with van der Waals surface area (Å²) in [6.07, 6.45) is 1.11. The van der Waals surface area contributed by atoms with Crippen molar-refractivity contribution in [1.29, 1.82) is 0 Å². The Bertz CT molecular complexity index is 648. The van der Waals surface area contributed by atoms with E-state index in [0.29, 0.717) is 36.6 Å². The van der Waals surface area contributed by atoms with Crippen LogP contribution in [0.25, 0.3) is 0 Å². The minimum atomic E-state index is -0.231. The number of halogens is 2. The van der Waals surface area contributed by atoms with Crippen LogP contribution >= 0.6 is 11.6 Å². The Labute approximate surface area is 140 Å². The van der Waals surface area contributed by atoms with Gasteiger partial charge in [-0.05, 0) is 30.2 Å². The zero-order chi connectivity index (χ0) is 16.5. The van der Waals surface area contributed by atoms with Crippen molar-refractivity contribution in [3.05, 3.63) is 70.5 Å². The van der Waals surface area contributed by atoms with E-state index < -0.39 is 0 Å². The third kappa shape index (κ3) is 6.38. The van der Waals surface area contributed by atoms with E-state index in [4.69, 9.17) is 11.6 Å². The lowest BCUT2D eigenvalue weighted by Crippen LogP contribution is -2.29. The molecule has 0 unspecified atom stereocenters. The zero-order valence-corrected chi connectivity index (χ0v) is 13.6. The second kappa shape index (κ2) is 9.28. The smallest absolute Gasteiger partial charge is 0.221 e. The van der Waals surface area contributed by atoms with Crippen LogP contribution in [0.15, 0.2) is 48.5 Å². The lowest BCUT2D eigenvalue weighted by Gasteiger charge is -2.07. The van der Waals surface area contributed by atoms with Gasteiger partial charge >= 0.3 is 0 Å². The van der Waals surface area contributed by atoms with Crippen LogP contribution in [-0.4, -0.2) is 19.0 Å². The van der Waals surface area contributed by atoms with Crippen LogP contribution in [0.5, 0.6) is 0 Å². The number of hydrogen-bond donors (Lipinski definition) is 2. The molecule has 0 saturated heterocycles. The van der Waals surface area contributed by atoms with Crippen molar-refractivity contribution < 1.29 is 9.18 Å². The zero-order valence-electron chi connectivity index (χ0n) is 12.8. The number of carbonyl (C=O) groups is 1. The summed E-state index contributed by atoms with van der Waals surface area (Å²) in [5, 5.41) is 6.64. The molecule has 5 heteroatoms. The molecule has 0 radical (unpaired) electrons. The fraction of sp³-hybridized carbons (Fsp3) is 0.278. The summed E-state index contributed by atoms with van der Waals surface area (Å²) in [6, 6.07) is 14.2. The highest BCUT2D eigenvalue weighted by molar-refractivity contribution is 6.30. The van der Waals surface area contributed by atoms with E-state index in [1.165, 1.54) is 6.07 Å². The summed E-state index contributed by atoms with van der Waals surface area (Å²) in [4.78, 5) is 11.7. The Balaban J connectivity index is 1.59. The molecule has 0 spiro atoms. The van der Waals surface area contributed by atoms with Gasteiger partial charge in [0, 0.05) is 36.6 Å². The normalized spacial score (nSPS) is 10.5. The minimum absolute atomic E-state index is 0.0203. The molecule has 0 aliphatic carbocycles. The molecule has 3 nitrogen and oxygen atoms in total. The molecule has 2 aromatic carbocycles. The van der Waals surface area contributed by atoms with E-state index in [1.807, 2.05) is 24.3 Å². The van der Waals surface area contributed by atoms with Gasteiger partial charge in [-0.3, -0.25) is 4.79 Å². The van der Waals surface area contributed by atoms with Crippen molar-refractivity contribution >= 4 is 17.5 Å². The minimum Gasteiger partial charge on any atom is -0.356 e. The number of benzene rings is 2. The van der Waals surface area contributed by atoms with Crippen molar-refractivity contribution in [2.75, 3.05) is 13.1 Å². The van der Waals surface area contributed by atoms with Gasteiger partial charge in [0.15, 0.2) is 0 Å². The Morgan fingerprint density at radius 1 is 1.09 bits per heavy atom. The lowest BCUT2D eigenvalue weighted by molar-refractivity contribution is -0.120. The van der Waals surface area contributed by atoms with Gasteiger partial charge in [0.05, 0.1) is 0 Å². The summed E-state index contributed by atoms with van der Waals surface area (Å²) in [5.41, 5.74) is 1.70. The molecule has 2 rings (SSSR count). The first-order valence-electron chi connectivity index (χ1n) is 7.60. The largest absolute Gasteiger partial charge is 0.356 e. The second-order valence-electron chi connectivity index (χ2n) is 5.25. The van der Waals surface area contributed by atoms with Crippen molar-refractivity contribution in [1.82, 2.24) is 10.6 Å². The fourth-order valence-electron chi connectivity index (χ4n) is 2.19. The van der Waals surface area contributed by atoms with Gasteiger partial charge in [0.1, 0.15) is 5.82 Å². The molecule has 1 amide bonds. The van der Waals surface area contributed by atoms with Crippen molar-refractivity contribution in [2.24, 2.45) is 0 Å². The molecule has 0 bridgehead atoms. The molecule has 0 atom stereocenters. The number of carbonyl (C=O) groups excluding carboxylic acids is 1. The van der Waals surface area contributed by atoms with Crippen molar-refractivity contribution in [2.45, 2.75) is 19.4 Å². The van der Waals surface area contributed by atoms with Gasteiger partial charge in [0.25, 0.3) is 0 Å². The lowest BCUT2D eigenvalue weighted by atomic mass is 10.1. The quantitative estimate of drug-likeness (QED) is 0.727. The molecule has 122 valence electrons. The molecule has 0 aliphatic rings. The van der Waals surface area contributed by atoms with Crippen molar-refractivity contribution in [3.8, 4) is 0 Å². The Kier molecular flexibility index (Phi) is 7.04. The van der Waals surface area contributed by atoms with Gasteiger partial charge in [-0.15, -0.1) is 0 Å². The Hall–Kier alpha value is -1.91. The number of amides is 1. The number of nitrogens with one attached hydrogen (secondary N) is 2. The molecule has 0 aliphatic heterocycles. The first-order valence-corrected chi connectivity index (χ1v) is 7.98. The third-order valence-electron chi connectivity index (χ3n) is 3.43. The highest BCUT2D eigenvalue weighted by atomic mass is 35.5. The maximum Gasteiger partial charge on any atom is 0.221 e. The molecule has 0 saturated carbocycles. The van der Waals surface area contributed by atoms with Crippen molar-refractivity contribution in [3.63, 3.8) is 0 Å². The predicted octanol–water partition coefficient (Wildman–Crippen LogP) is 3.32. The van der Waals surface area contributed by atoms with E-state index in [0.717, 1.165) is 12.0 Å². The van der Waals surface area contributed by atoms with Crippen LogP contribution in [0.2, 0.25) is 5.02 Å². The summed E-state index contributed by atoms with van der Waals surface area (Å²) < 4.78 is 13.4. The highest BCUT2D eigenvalue weighted by Crippen LogP contribution is 2.10. The van der Waals surface area contributed by atoms with Crippen LogP contribution in [0.3, 0.4) is 0 Å². The van der Waals surface area contributed by atoms with Crippen LogP contribution in [0.4, 0.5) is 4.39 Å². The Morgan fingerprint density at radius 2 is 1.91 bits per heavy atom. The van der Waals surface area contributed by atoms with Crippen LogP contribution in [0.1, 0.15) is 17.5 Å². The summed E-state index contributed by atoms with van der Waals surface area (Å²) in [6.45, 7) is 1.51. The van der Waals surface area contributed by atoms with E-state index >= 15 is 0 Å². The van der Waals surface area contributed by atoms with Crippen LogP contribution in [0, 0.1) is 5.82 Å². The molecule has 23 heavy (non-hydrogen) atoms. The van der Waals surface area contributed by atoms with Gasteiger partial charge in [-0.25, -0.2) is 4.39 Å². The first-order chi connectivity index (χ1) is 11.1. The van der Waals surface area contributed by atoms with Crippen LogP contribution < -0.4 is 10.6 Å². The van der Waals surface area contributed by atoms with E-state index in [-0.39, 0.29) is 11.7 Å². The number of hydrogen-bond acceptors (Lipinski definition) is 2. The first kappa shape index (κ1) is 17.4. The standard InChI is InChI=1S/C18H20ClFN2O/c19-16-6-3-4-14(12-16)8-11-22-18(23)9-10-21-13-15-5-1-2-7-17(15)20/h1-7,12,21H,8-11,13H2,(H,22,23). The molecule has 0 aromatic heterocycles. The maximum absolute atomic E-state index is 13.4. The topological polar surface area (TPSA) is 41.1 Å². The molecule has 2 N–H and O–H groups in total. The highest BCUT2D eigenvalue weighted by Gasteiger charge is 2.03. The number of rotatable bonds is 8. The summed E-state index contributed by atoms with van der Waals surface area (Å²) in [5.74, 6) is -0.251. The van der Waals surface area contributed by atoms with Gasteiger partial charge in [-0.1, -0.05) is 41.9 Å². The van der Waals surface area contributed by atoms with Gasteiger partial charge in [0.2, 0.25) is 5.91 Å². The third-order valence-corrected chi connectivity index (χ3v) is 3.66. The molecular weight excluding hydrogens is 315 g/mol. The second-order valence-corrected chi connectivity index (χ2v) is 5.68. The van der Waals surface area contributed by atoms with E-state index in [9.17, 15) is 9.18 Å². The fourth-order valence-corrected chi connectivity index (χ4v) is 2.41. The molecule has 0 heterocycles. The van der Waals surface area contributed by atoms with Crippen LogP contribution in [-0.2, 0) is 17.8 Å². The Morgan fingerprint density at radius 3 is 2.70 bits per heavy atom. The van der Waals surface area contributed by atoms with E-state index in [2.05, 4.69) is 10.6 Å². The summed E-state index contributed by atoms with van der Waals surface area (Å²) >= 11 is 5.91. The maximum atomic E-state index is 13.4. The van der Waals surface area contributed by atoms with Gasteiger partial charge in [-0.2, -0.15) is 0 Å². The van der Waals surface area contributed by atoms with Gasteiger partial charge < -0.3 is 10.6 Å². The molecular formula is C18H20ClFN2O. The average Bonchev–Trinajstić information content (AvgIpc) is 2.53. The molecule has 2 aromatic rings.